The van der Waals surface area contributed by atoms with Crippen molar-refractivity contribution in [1.82, 2.24) is 10.5 Å². The molecule has 1 heterocycles. The number of nitrogens with one attached hydrogen (secondary N) is 2. The maximum atomic E-state index is 13.1. The molecule has 1 aromatic heterocycles. The Hall–Kier alpha value is -3.00. The standard InChI is InChI=1S/C20H17BrFN3O3/c1-11-9-15(7-8-16(11)21)24-17(26)10-23-20(27)18-12(2)28-25-19(18)13-3-5-14(22)6-4-13/h3-9H,10H2,1-2H3,(H,23,27)(H,24,26). The Morgan fingerprint density at radius 2 is 1.86 bits per heavy atom. The van der Waals surface area contributed by atoms with Gasteiger partial charge in [0.15, 0.2) is 0 Å². The van der Waals surface area contributed by atoms with Gasteiger partial charge in [0.05, 0.1) is 6.54 Å². The smallest absolute Gasteiger partial charge is 0.257 e. The fourth-order valence-electron chi connectivity index (χ4n) is 2.62. The predicted molar refractivity (Wildman–Crippen MR) is 106 cm³/mol. The normalized spacial score (nSPS) is 10.6. The maximum Gasteiger partial charge on any atom is 0.257 e. The number of rotatable bonds is 5. The van der Waals surface area contributed by atoms with Crippen LogP contribution in [-0.4, -0.2) is 23.5 Å². The van der Waals surface area contributed by atoms with E-state index in [2.05, 4.69) is 31.7 Å². The molecule has 0 radical (unpaired) electrons. The number of amides is 2. The van der Waals surface area contributed by atoms with Crippen LogP contribution in [0.15, 0.2) is 51.5 Å². The lowest BCUT2D eigenvalue weighted by atomic mass is 10.1. The van der Waals surface area contributed by atoms with Crippen LogP contribution in [0.3, 0.4) is 0 Å². The number of carbonyl (C=O) groups is 2. The van der Waals surface area contributed by atoms with Crippen LogP contribution in [0.5, 0.6) is 0 Å². The van der Waals surface area contributed by atoms with E-state index < -0.39 is 11.7 Å². The van der Waals surface area contributed by atoms with E-state index >= 15 is 0 Å². The van der Waals surface area contributed by atoms with E-state index in [0.29, 0.717) is 22.7 Å². The average Bonchev–Trinajstić information content (AvgIpc) is 3.05. The largest absolute Gasteiger partial charge is 0.360 e. The SMILES string of the molecule is Cc1cc(NC(=O)CNC(=O)c2c(-c3ccc(F)cc3)noc2C)ccc1Br. The van der Waals surface area contributed by atoms with Crippen molar-refractivity contribution < 1.29 is 18.5 Å². The monoisotopic (exact) mass is 445 g/mol. The molecule has 144 valence electrons. The number of aromatic nitrogens is 1. The Bertz CT molecular complexity index is 1030. The number of anilines is 1. The minimum Gasteiger partial charge on any atom is -0.360 e. The molecule has 0 saturated heterocycles. The van der Waals surface area contributed by atoms with Crippen molar-refractivity contribution in [2.24, 2.45) is 0 Å². The first kappa shape index (κ1) is 19.8. The fraction of sp³-hybridized carbons (Fsp3) is 0.150. The van der Waals surface area contributed by atoms with E-state index in [1.807, 2.05) is 19.1 Å². The highest BCUT2D eigenvalue weighted by Crippen LogP contribution is 2.25. The lowest BCUT2D eigenvalue weighted by molar-refractivity contribution is -0.115. The van der Waals surface area contributed by atoms with Gasteiger partial charge >= 0.3 is 0 Å². The zero-order valence-electron chi connectivity index (χ0n) is 15.2. The Balaban J connectivity index is 1.68. The summed E-state index contributed by atoms with van der Waals surface area (Å²) in [5.74, 6) is -0.955. The maximum absolute atomic E-state index is 13.1. The van der Waals surface area contributed by atoms with Crippen molar-refractivity contribution in [3.8, 4) is 11.3 Å². The molecule has 0 aliphatic rings. The van der Waals surface area contributed by atoms with Gasteiger partial charge in [-0.15, -0.1) is 0 Å². The third-order valence-electron chi connectivity index (χ3n) is 4.06. The van der Waals surface area contributed by atoms with Gasteiger partial charge in [-0.2, -0.15) is 0 Å². The van der Waals surface area contributed by atoms with Gasteiger partial charge < -0.3 is 15.2 Å². The topological polar surface area (TPSA) is 84.2 Å². The van der Waals surface area contributed by atoms with Gasteiger partial charge in [0.2, 0.25) is 5.91 Å². The van der Waals surface area contributed by atoms with Gasteiger partial charge in [0.25, 0.3) is 5.91 Å². The molecule has 2 N–H and O–H groups in total. The molecule has 0 aliphatic heterocycles. The van der Waals surface area contributed by atoms with Gasteiger partial charge in [-0.3, -0.25) is 9.59 Å². The van der Waals surface area contributed by atoms with E-state index in [1.165, 1.54) is 24.3 Å². The molecule has 0 bridgehead atoms. The summed E-state index contributed by atoms with van der Waals surface area (Å²) in [4.78, 5) is 24.7. The van der Waals surface area contributed by atoms with E-state index in [4.69, 9.17) is 4.52 Å². The second-order valence-corrected chi connectivity index (χ2v) is 7.02. The number of aryl methyl sites for hydroxylation is 2. The summed E-state index contributed by atoms with van der Waals surface area (Å²) in [6.45, 7) is 3.29. The summed E-state index contributed by atoms with van der Waals surface area (Å²) in [6, 6.07) is 11.0. The summed E-state index contributed by atoms with van der Waals surface area (Å²) in [7, 11) is 0. The second kappa shape index (κ2) is 8.35. The third-order valence-corrected chi connectivity index (χ3v) is 4.95. The van der Waals surface area contributed by atoms with Crippen molar-refractivity contribution in [2.75, 3.05) is 11.9 Å². The summed E-state index contributed by atoms with van der Waals surface area (Å²) in [5, 5.41) is 9.17. The molecule has 0 atom stereocenters. The Labute approximate surface area is 169 Å². The van der Waals surface area contributed by atoms with Crippen LogP contribution >= 0.6 is 15.9 Å². The van der Waals surface area contributed by atoms with Gasteiger partial charge in [0.1, 0.15) is 22.8 Å². The molecule has 2 aromatic carbocycles. The number of benzene rings is 2. The Kier molecular flexibility index (Phi) is 5.89. The second-order valence-electron chi connectivity index (χ2n) is 6.16. The summed E-state index contributed by atoms with van der Waals surface area (Å²) in [5.41, 5.74) is 2.65. The van der Waals surface area contributed by atoms with Crippen LogP contribution in [0.2, 0.25) is 0 Å². The van der Waals surface area contributed by atoms with Gasteiger partial charge in [-0.25, -0.2) is 4.39 Å². The number of carbonyl (C=O) groups excluding carboxylic acids is 2. The molecule has 0 unspecified atom stereocenters. The lowest BCUT2D eigenvalue weighted by Gasteiger charge is -2.08. The molecule has 3 aromatic rings. The molecule has 0 fully saturated rings. The molecule has 28 heavy (non-hydrogen) atoms. The highest BCUT2D eigenvalue weighted by molar-refractivity contribution is 9.10. The quantitative estimate of drug-likeness (QED) is 0.615. The predicted octanol–water partition coefficient (Wildman–Crippen LogP) is 4.23. The van der Waals surface area contributed by atoms with Crippen LogP contribution in [0.1, 0.15) is 21.7 Å². The minimum absolute atomic E-state index is 0.207. The molecule has 3 rings (SSSR count). The Morgan fingerprint density at radius 1 is 1.14 bits per heavy atom. The molecule has 2 amide bonds. The zero-order valence-corrected chi connectivity index (χ0v) is 16.8. The molecular formula is C20H17BrFN3O3. The van der Waals surface area contributed by atoms with Gasteiger partial charge in [0, 0.05) is 15.7 Å². The van der Waals surface area contributed by atoms with E-state index in [9.17, 15) is 14.0 Å². The van der Waals surface area contributed by atoms with Crippen molar-refractivity contribution in [1.29, 1.82) is 0 Å². The van der Waals surface area contributed by atoms with E-state index in [1.54, 1.807) is 13.0 Å². The number of nitrogens with zero attached hydrogens (tertiary/aromatic N) is 1. The van der Waals surface area contributed by atoms with Crippen LogP contribution in [0.4, 0.5) is 10.1 Å². The van der Waals surface area contributed by atoms with Gasteiger partial charge in [-0.05, 0) is 61.9 Å². The summed E-state index contributed by atoms with van der Waals surface area (Å²) in [6.07, 6.45) is 0. The highest BCUT2D eigenvalue weighted by atomic mass is 79.9. The van der Waals surface area contributed by atoms with Crippen LogP contribution in [0, 0.1) is 19.7 Å². The first-order chi connectivity index (χ1) is 13.3. The molecule has 0 aliphatic carbocycles. The molecular weight excluding hydrogens is 429 g/mol. The van der Waals surface area contributed by atoms with Gasteiger partial charge in [-0.1, -0.05) is 21.1 Å². The highest BCUT2D eigenvalue weighted by Gasteiger charge is 2.22. The van der Waals surface area contributed by atoms with Crippen LogP contribution in [0.25, 0.3) is 11.3 Å². The number of halogens is 2. The van der Waals surface area contributed by atoms with E-state index in [-0.39, 0.29) is 18.0 Å². The Morgan fingerprint density at radius 3 is 2.54 bits per heavy atom. The number of hydrogen-bond acceptors (Lipinski definition) is 4. The molecule has 0 saturated carbocycles. The molecule has 8 heteroatoms. The summed E-state index contributed by atoms with van der Waals surface area (Å²) < 4.78 is 19.2. The van der Waals surface area contributed by atoms with Crippen molar-refractivity contribution >= 4 is 33.4 Å². The van der Waals surface area contributed by atoms with Crippen LogP contribution in [-0.2, 0) is 4.79 Å². The van der Waals surface area contributed by atoms with Crippen molar-refractivity contribution in [3.05, 3.63) is 69.6 Å². The van der Waals surface area contributed by atoms with Crippen molar-refractivity contribution in [3.63, 3.8) is 0 Å². The first-order valence-electron chi connectivity index (χ1n) is 8.41. The van der Waals surface area contributed by atoms with Crippen molar-refractivity contribution in [2.45, 2.75) is 13.8 Å². The fourth-order valence-corrected chi connectivity index (χ4v) is 2.87. The zero-order chi connectivity index (χ0) is 20.3. The first-order valence-corrected chi connectivity index (χ1v) is 9.21. The summed E-state index contributed by atoms with van der Waals surface area (Å²) >= 11 is 3.40. The third kappa shape index (κ3) is 4.45. The number of hydrogen-bond donors (Lipinski definition) is 2. The van der Waals surface area contributed by atoms with Crippen LogP contribution < -0.4 is 10.6 Å². The molecule has 0 spiro atoms. The lowest BCUT2D eigenvalue weighted by Crippen LogP contribution is -2.33. The van der Waals surface area contributed by atoms with E-state index in [0.717, 1.165) is 10.0 Å². The molecule has 6 nitrogen and oxygen atoms in total. The average molecular weight is 446 g/mol. The minimum atomic E-state index is -0.500.